The molecule has 0 aromatic carbocycles. The summed E-state index contributed by atoms with van der Waals surface area (Å²) in [6.45, 7) is 3.39. The van der Waals surface area contributed by atoms with Crippen molar-refractivity contribution in [1.82, 2.24) is 0 Å². The van der Waals surface area contributed by atoms with E-state index in [9.17, 15) is 10.2 Å². The zero-order valence-electron chi connectivity index (χ0n) is 11.0. The Morgan fingerprint density at radius 1 is 1.11 bits per heavy atom. The molecule has 2 N–H and O–H groups in total. The largest absolute Gasteiger partial charge is 0.394 e. The Balaban J connectivity index is 1.89. The Labute approximate surface area is 107 Å². The normalized spacial score (nSPS) is 50.7. The standard InChI is InChI=1S/C13H22O5/c1-11-10(15)9(8-14)16-12(11,2)18-13(17-11)6-4-3-5-7-13/h9-10,14-15H,3-8H2,1-2H3/t9-,10+,11-,12-/m1/s1. The van der Waals surface area contributed by atoms with Gasteiger partial charge in [0.05, 0.1) is 6.61 Å². The van der Waals surface area contributed by atoms with E-state index in [4.69, 9.17) is 14.2 Å². The van der Waals surface area contributed by atoms with Crippen LogP contribution in [0.15, 0.2) is 0 Å². The molecule has 104 valence electrons. The summed E-state index contributed by atoms with van der Waals surface area (Å²) < 4.78 is 17.9. The van der Waals surface area contributed by atoms with Gasteiger partial charge in [-0.3, -0.25) is 0 Å². The molecular weight excluding hydrogens is 236 g/mol. The maximum absolute atomic E-state index is 10.3. The first-order valence-electron chi connectivity index (χ1n) is 6.82. The minimum absolute atomic E-state index is 0.230. The van der Waals surface area contributed by atoms with Crippen molar-refractivity contribution < 1.29 is 24.4 Å². The summed E-state index contributed by atoms with van der Waals surface area (Å²) in [5.41, 5.74) is -0.905. The number of ether oxygens (including phenoxy) is 3. The predicted octanol–water partition coefficient (Wildman–Crippen LogP) is 0.920. The highest BCUT2D eigenvalue weighted by Gasteiger charge is 2.71. The first-order chi connectivity index (χ1) is 8.45. The van der Waals surface area contributed by atoms with E-state index < -0.39 is 29.4 Å². The smallest absolute Gasteiger partial charge is 0.200 e. The molecule has 2 saturated heterocycles. The minimum Gasteiger partial charge on any atom is -0.394 e. The van der Waals surface area contributed by atoms with E-state index in [0.717, 1.165) is 25.7 Å². The maximum Gasteiger partial charge on any atom is 0.200 e. The van der Waals surface area contributed by atoms with Crippen molar-refractivity contribution in [2.45, 2.75) is 75.3 Å². The molecular formula is C13H22O5. The van der Waals surface area contributed by atoms with Gasteiger partial charge in [-0.1, -0.05) is 6.42 Å². The number of hydrogen-bond acceptors (Lipinski definition) is 5. The summed E-state index contributed by atoms with van der Waals surface area (Å²) in [7, 11) is 0. The lowest BCUT2D eigenvalue weighted by Crippen LogP contribution is -2.50. The summed E-state index contributed by atoms with van der Waals surface area (Å²) in [4.78, 5) is 0. The average molecular weight is 258 g/mol. The molecule has 0 unspecified atom stereocenters. The first kappa shape index (κ1) is 12.8. The molecule has 18 heavy (non-hydrogen) atoms. The van der Waals surface area contributed by atoms with Crippen molar-refractivity contribution in [2.24, 2.45) is 0 Å². The van der Waals surface area contributed by atoms with Crippen molar-refractivity contribution in [3.8, 4) is 0 Å². The van der Waals surface area contributed by atoms with Crippen LogP contribution >= 0.6 is 0 Å². The van der Waals surface area contributed by atoms with Crippen LogP contribution in [-0.2, 0) is 14.2 Å². The zero-order chi connectivity index (χ0) is 13.0. The molecule has 0 radical (unpaired) electrons. The Hall–Kier alpha value is -0.200. The summed E-state index contributed by atoms with van der Waals surface area (Å²) in [6, 6.07) is 0. The molecule has 2 aliphatic heterocycles. The third-order valence-corrected chi connectivity index (χ3v) is 4.77. The van der Waals surface area contributed by atoms with Gasteiger partial charge in [-0.05, 0) is 26.7 Å². The number of hydrogen-bond donors (Lipinski definition) is 2. The summed E-state index contributed by atoms with van der Waals surface area (Å²) in [5.74, 6) is -1.58. The van der Waals surface area contributed by atoms with Crippen LogP contribution in [0.2, 0.25) is 0 Å². The molecule has 1 saturated carbocycles. The molecule has 5 nitrogen and oxygen atoms in total. The van der Waals surface area contributed by atoms with Crippen LogP contribution in [-0.4, -0.2) is 46.2 Å². The number of aliphatic hydroxyl groups is 2. The van der Waals surface area contributed by atoms with Crippen LogP contribution < -0.4 is 0 Å². The maximum atomic E-state index is 10.3. The van der Waals surface area contributed by atoms with Gasteiger partial charge in [-0.15, -0.1) is 0 Å². The van der Waals surface area contributed by atoms with Gasteiger partial charge in [0.1, 0.15) is 12.2 Å². The van der Waals surface area contributed by atoms with Gasteiger partial charge in [-0.25, -0.2) is 0 Å². The van der Waals surface area contributed by atoms with Gasteiger partial charge in [-0.2, -0.15) is 0 Å². The SMILES string of the molecule is C[C@]12O[C@H](CO)[C@H](O)[C@@]1(C)OC1(CCCCC1)O2. The molecule has 1 aliphatic carbocycles. The summed E-state index contributed by atoms with van der Waals surface area (Å²) in [5, 5.41) is 19.5. The molecule has 0 aromatic rings. The predicted molar refractivity (Wildman–Crippen MR) is 62.8 cm³/mol. The van der Waals surface area contributed by atoms with Crippen molar-refractivity contribution >= 4 is 0 Å². The molecule has 4 atom stereocenters. The number of aliphatic hydroxyl groups excluding tert-OH is 2. The Morgan fingerprint density at radius 3 is 2.33 bits per heavy atom. The van der Waals surface area contributed by atoms with Crippen LogP contribution in [0.4, 0.5) is 0 Å². The van der Waals surface area contributed by atoms with Crippen LogP contribution in [0.1, 0.15) is 46.0 Å². The van der Waals surface area contributed by atoms with E-state index in [1.54, 1.807) is 6.92 Å². The fourth-order valence-corrected chi connectivity index (χ4v) is 3.57. The molecule has 2 heterocycles. The molecule has 5 heteroatoms. The van der Waals surface area contributed by atoms with Gasteiger partial charge in [0.15, 0.2) is 11.4 Å². The van der Waals surface area contributed by atoms with Crippen LogP contribution in [0.5, 0.6) is 0 Å². The second kappa shape index (κ2) is 3.90. The van der Waals surface area contributed by atoms with Crippen molar-refractivity contribution in [3.63, 3.8) is 0 Å². The van der Waals surface area contributed by atoms with Crippen LogP contribution in [0, 0.1) is 0 Å². The van der Waals surface area contributed by atoms with E-state index in [0.29, 0.717) is 0 Å². The monoisotopic (exact) mass is 258 g/mol. The molecule has 3 fully saturated rings. The Kier molecular flexibility index (Phi) is 2.78. The minimum atomic E-state index is -0.975. The Morgan fingerprint density at radius 2 is 1.78 bits per heavy atom. The molecule has 3 rings (SSSR count). The van der Waals surface area contributed by atoms with Gasteiger partial charge in [0, 0.05) is 12.8 Å². The Bertz CT molecular complexity index is 340. The molecule has 0 aromatic heterocycles. The van der Waals surface area contributed by atoms with Gasteiger partial charge < -0.3 is 24.4 Å². The van der Waals surface area contributed by atoms with Crippen molar-refractivity contribution in [2.75, 3.05) is 6.61 Å². The fraction of sp³-hybridized carbons (Fsp3) is 1.00. The first-order valence-corrected chi connectivity index (χ1v) is 6.82. The van der Waals surface area contributed by atoms with Gasteiger partial charge in [0.2, 0.25) is 5.79 Å². The zero-order valence-corrected chi connectivity index (χ0v) is 11.0. The lowest BCUT2D eigenvalue weighted by Gasteiger charge is -2.35. The highest BCUT2D eigenvalue weighted by atomic mass is 16.9. The topological polar surface area (TPSA) is 68.2 Å². The van der Waals surface area contributed by atoms with E-state index >= 15 is 0 Å². The van der Waals surface area contributed by atoms with Crippen molar-refractivity contribution in [3.05, 3.63) is 0 Å². The van der Waals surface area contributed by atoms with E-state index in [2.05, 4.69) is 0 Å². The number of rotatable bonds is 1. The van der Waals surface area contributed by atoms with E-state index in [1.165, 1.54) is 6.42 Å². The average Bonchev–Trinajstić information content (AvgIpc) is 2.65. The third-order valence-electron chi connectivity index (χ3n) is 4.77. The highest BCUT2D eigenvalue weighted by Crippen LogP contribution is 2.56. The summed E-state index contributed by atoms with van der Waals surface area (Å²) in [6.07, 6.45) is 3.53. The van der Waals surface area contributed by atoms with Crippen molar-refractivity contribution in [1.29, 1.82) is 0 Å². The third kappa shape index (κ3) is 1.51. The molecule has 3 aliphatic rings. The second-order valence-electron chi connectivity index (χ2n) is 6.01. The fourth-order valence-electron chi connectivity index (χ4n) is 3.57. The molecule has 1 spiro atoms. The number of fused-ring (bicyclic) bond motifs is 1. The molecule has 0 bridgehead atoms. The van der Waals surface area contributed by atoms with Crippen LogP contribution in [0.3, 0.4) is 0 Å². The second-order valence-corrected chi connectivity index (χ2v) is 6.01. The quantitative estimate of drug-likeness (QED) is 0.732. The highest BCUT2D eigenvalue weighted by molar-refractivity contribution is 5.11. The van der Waals surface area contributed by atoms with Gasteiger partial charge >= 0.3 is 0 Å². The van der Waals surface area contributed by atoms with E-state index in [-0.39, 0.29) is 6.61 Å². The lowest BCUT2D eigenvalue weighted by atomic mass is 9.91. The van der Waals surface area contributed by atoms with Crippen LogP contribution in [0.25, 0.3) is 0 Å². The van der Waals surface area contributed by atoms with Gasteiger partial charge in [0.25, 0.3) is 0 Å². The lowest BCUT2D eigenvalue weighted by molar-refractivity contribution is -0.280. The summed E-state index contributed by atoms with van der Waals surface area (Å²) >= 11 is 0. The van der Waals surface area contributed by atoms with E-state index in [1.807, 2.05) is 6.92 Å². The molecule has 0 amide bonds.